The van der Waals surface area contributed by atoms with E-state index < -0.39 is 0 Å². The summed E-state index contributed by atoms with van der Waals surface area (Å²) in [4.78, 5) is 13.7. The summed E-state index contributed by atoms with van der Waals surface area (Å²) in [5.74, 6) is 0.269. The molecule has 0 aromatic carbocycles. The van der Waals surface area contributed by atoms with Crippen LogP contribution in [0.4, 0.5) is 0 Å². The minimum absolute atomic E-state index is 0. The first-order chi connectivity index (χ1) is 7.16. The smallest absolute Gasteiger partial charge is 0.292 e. The SMILES string of the molecule is Cc1cc(C(=O)N2CCNC(C)C2)on1.Cl. The monoisotopic (exact) mass is 245 g/mol. The van der Waals surface area contributed by atoms with Crippen LogP contribution >= 0.6 is 12.4 Å². The Hall–Kier alpha value is -1.07. The third kappa shape index (κ3) is 2.74. The number of nitrogens with one attached hydrogen (secondary N) is 1. The first-order valence-electron chi connectivity index (χ1n) is 5.13. The van der Waals surface area contributed by atoms with Gasteiger partial charge in [-0.1, -0.05) is 5.16 Å². The summed E-state index contributed by atoms with van der Waals surface area (Å²) in [6, 6.07) is 2.02. The molecule has 1 unspecified atom stereocenters. The van der Waals surface area contributed by atoms with E-state index in [-0.39, 0.29) is 18.3 Å². The van der Waals surface area contributed by atoms with Gasteiger partial charge in [0.1, 0.15) is 0 Å². The maximum Gasteiger partial charge on any atom is 0.292 e. The van der Waals surface area contributed by atoms with Gasteiger partial charge in [-0.05, 0) is 13.8 Å². The number of piperazine rings is 1. The van der Waals surface area contributed by atoms with Crippen molar-refractivity contribution in [3.63, 3.8) is 0 Å². The molecule has 1 aliphatic rings. The Balaban J connectivity index is 0.00000128. The molecule has 1 fully saturated rings. The van der Waals surface area contributed by atoms with Crippen molar-refractivity contribution in [3.8, 4) is 0 Å². The zero-order valence-corrected chi connectivity index (χ0v) is 10.2. The first kappa shape index (κ1) is 13.0. The number of carbonyl (C=O) groups is 1. The molecular weight excluding hydrogens is 230 g/mol. The van der Waals surface area contributed by atoms with Gasteiger partial charge in [-0.25, -0.2) is 0 Å². The largest absolute Gasteiger partial charge is 0.351 e. The number of amides is 1. The third-order valence-corrected chi connectivity index (χ3v) is 2.49. The Morgan fingerprint density at radius 1 is 1.69 bits per heavy atom. The molecular formula is C10H16ClN3O2. The third-order valence-electron chi connectivity index (χ3n) is 2.49. The molecule has 5 nitrogen and oxygen atoms in total. The zero-order chi connectivity index (χ0) is 10.8. The Morgan fingerprint density at radius 2 is 2.44 bits per heavy atom. The lowest BCUT2D eigenvalue weighted by Gasteiger charge is -2.31. The van der Waals surface area contributed by atoms with Crippen LogP contribution in [0.15, 0.2) is 10.6 Å². The lowest BCUT2D eigenvalue weighted by Crippen LogP contribution is -2.51. The normalized spacial score (nSPS) is 20.4. The molecule has 16 heavy (non-hydrogen) atoms. The van der Waals surface area contributed by atoms with E-state index in [1.165, 1.54) is 0 Å². The highest BCUT2D eigenvalue weighted by molar-refractivity contribution is 5.91. The predicted octanol–water partition coefficient (Wildman–Crippen LogP) is 0.839. The highest BCUT2D eigenvalue weighted by atomic mass is 35.5. The highest BCUT2D eigenvalue weighted by Gasteiger charge is 2.24. The summed E-state index contributed by atoms with van der Waals surface area (Å²) >= 11 is 0. The van der Waals surface area contributed by atoms with Gasteiger partial charge in [0.15, 0.2) is 0 Å². The van der Waals surface area contributed by atoms with E-state index in [4.69, 9.17) is 4.52 Å². The average molecular weight is 246 g/mol. The minimum atomic E-state index is -0.0658. The van der Waals surface area contributed by atoms with Gasteiger partial charge in [-0.3, -0.25) is 4.79 Å². The summed E-state index contributed by atoms with van der Waals surface area (Å²) in [5.41, 5.74) is 0.738. The van der Waals surface area contributed by atoms with Crippen LogP contribution in [0.25, 0.3) is 0 Å². The predicted molar refractivity (Wildman–Crippen MR) is 61.9 cm³/mol. The lowest BCUT2D eigenvalue weighted by molar-refractivity contribution is 0.0667. The van der Waals surface area contributed by atoms with E-state index in [2.05, 4.69) is 17.4 Å². The Labute approximate surface area is 101 Å². The van der Waals surface area contributed by atoms with Crippen LogP contribution in [-0.4, -0.2) is 41.6 Å². The topological polar surface area (TPSA) is 58.4 Å². The van der Waals surface area contributed by atoms with Crippen LogP contribution in [-0.2, 0) is 0 Å². The second-order valence-electron chi connectivity index (χ2n) is 3.94. The molecule has 6 heteroatoms. The highest BCUT2D eigenvalue weighted by Crippen LogP contribution is 2.08. The maximum absolute atomic E-state index is 11.9. The van der Waals surface area contributed by atoms with Crippen molar-refractivity contribution < 1.29 is 9.32 Å². The van der Waals surface area contributed by atoms with Crippen molar-refractivity contribution in [2.75, 3.05) is 19.6 Å². The van der Waals surface area contributed by atoms with E-state index in [0.717, 1.165) is 25.3 Å². The number of aromatic nitrogens is 1. The Morgan fingerprint density at radius 3 is 3.00 bits per heavy atom. The summed E-state index contributed by atoms with van der Waals surface area (Å²) in [6.07, 6.45) is 0. The summed E-state index contributed by atoms with van der Waals surface area (Å²) in [6.45, 7) is 6.15. The minimum Gasteiger partial charge on any atom is -0.351 e. The van der Waals surface area contributed by atoms with Gasteiger partial charge in [-0.15, -0.1) is 12.4 Å². The number of aryl methyl sites for hydroxylation is 1. The second-order valence-corrected chi connectivity index (χ2v) is 3.94. The Kier molecular flexibility index (Phi) is 4.32. The van der Waals surface area contributed by atoms with E-state index in [1.807, 2.05) is 0 Å². The molecule has 90 valence electrons. The van der Waals surface area contributed by atoms with Crippen molar-refractivity contribution in [1.82, 2.24) is 15.4 Å². The van der Waals surface area contributed by atoms with Crippen LogP contribution in [0.3, 0.4) is 0 Å². The fourth-order valence-electron chi connectivity index (χ4n) is 1.74. The fraction of sp³-hybridized carbons (Fsp3) is 0.600. The lowest BCUT2D eigenvalue weighted by atomic mass is 10.2. The van der Waals surface area contributed by atoms with Gasteiger partial charge in [-0.2, -0.15) is 0 Å². The molecule has 0 bridgehead atoms. The zero-order valence-electron chi connectivity index (χ0n) is 9.40. The molecule has 1 aromatic heterocycles. The number of nitrogens with zero attached hydrogens (tertiary/aromatic N) is 2. The fourth-order valence-corrected chi connectivity index (χ4v) is 1.74. The number of rotatable bonds is 1. The van der Waals surface area contributed by atoms with Gasteiger partial charge in [0.25, 0.3) is 5.91 Å². The van der Waals surface area contributed by atoms with Crippen molar-refractivity contribution in [3.05, 3.63) is 17.5 Å². The molecule has 2 heterocycles. The molecule has 1 aromatic rings. The van der Waals surface area contributed by atoms with Crippen molar-refractivity contribution >= 4 is 18.3 Å². The number of carbonyl (C=O) groups excluding carboxylic acids is 1. The number of hydrogen-bond acceptors (Lipinski definition) is 4. The molecule has 1 atom stereocenters. The standard InChI is InChI=1S/C10H15N3O2.ClH/c1-7-5-9(15-12-7)10(14)13-4-3-11-8(2)6-13;/h5,8,11H,3-4,6H2,1-2H3;1H. The quantitative estimate of drug-likeness (QED) is 0.797. The summed E-state index contributed by atoms with van der Waals surface area (Å²) < 4.78 is 4.95. The molecule has 1 N–H and O–H groups in total. The van der Waals surface area contributed by atoms with Crippen LogP contribution in [0.1, 0.15) is 23.2 Å². The van der Waals surface area contributed by atoms with Crippen molar-refractivity contribution in [1.29, 1.82) is 0 Å². The second kappa shape index (κ2) is 5.32. The van der Waals surface area contributed by atoms with E-state index >= 15 is 0 Å². The van der Waals surface area contributed by atoms with Crippen LogP contribution < -0.4 is 5.32 Å². The molecule has 0 spiro atoms. The molecule has 2 rings (SSSR count). The molecule has 1 aliphatic heterocycles. The van der Waals surface area contributed by atoms with E-state index in [9.17, 15) is 4.79 Å². The van der Waals surface area contributed by atoms with Gasteiger partial charge >= 0.3 is 0 Å². The van der Waals surface area contributed by atoms with Crippen LogP contribution in [0.5, 0.6) is 0 Å². The average Bonchev–Trinajstić information content (AvgIpc) is 2.64. The van der Waals surface area contributed by atoms with Gasteiger partial charge in [0.05, 0.1) is 5.69 Å². The summed E-state index contributed by atoms with van der Waals surface area (Å²) in [5, 5.41) is 7.00. The molecule has 0 aliphatic carbocycles. The molecule has 0 radical (unpaired) electrons. The molecule has 0 saturated carbocycles. The van der Waals surface area contributed by atoms with Gasteiger partial charge < -0.3 is 14.7 Å². The van der Waals surface area contributed by atoms with Gasteiger partial charge in [0, 0.05) is 31.7 Å². The number of hydrogen-bond donors (Lipinski definition) is 1. The van der Waals surface area contributed by atoms with Crippen LogP contribution in [0.2, 0.25) is 0 Å². The Bertz CT molecular complexity index is 367. The van der Waals surface area contributed by atoms with E-state index in [0.29, 0.717) is 11.8 Å². The van der Waals surface area contributed by atoms with Crippen LogP contribution in [0, 0.1) is 6.92 Å². The summed E-state index contributed by atoms with van der Waals surface area (Å²) in [7, 11) is 0. The maximum atomic E-state index is 11.9. The van der Waals surface area contributed by atoms with Crippen molar-refractivity contribution in [2.45, 2.75) is 19.9 Å². The molecule has 1 amide bonds. The van der Waals surface area contributed by atoms with Gasteiger partial charge in [0.2, 0.25) is 5.76 Å². The molecule has 1 saturated heterocycles. The number of halogens is 1. The van der Waals surface area contributed by atoms with E-state index in [1.54, 1.807) is 17.9 Å². The first-order valence-corrected chi connectivity index (χ1v) is 5.13. The van der Waals surface area contributed by atoms with Crippen molar-refractivity contribution in [2.24, 2.45) is 0 Å².